The maximum absolute atomic E-state index is 6.76. The van der Waals surface area contributed by atoms with E-state index in [-0.39, 0.29) is 43.3 Å². The van der Waals surface area contributed by atoms with Gasteiger partial charge < -0.3 is 10.5 Å². The van der Waals surface area contributed by atoms with E-state index >= 15 is 0 Å². The Labute approximate surface area is 179 Å². The molecule has 0 amide bonds. The SMILES string of the molecule is C=C[C@@H]1CN2CC[C@@H]1C[C@H]2[C@@H](N)c1ccnc2ccc(OC)cc12.Cl.Cl.Cl. The van der Waals surface area contributed by atoms with Crippen LogP contribution < -0.4 is 10.5 Å². The van der Waals surface area contributed by atoms with Gasteiger partial charge in [0.25, 0.3) is 0 Å². The zero-order valence-corrected chi connectivity index (χ0v) is 17.9. The molecule has 5 atom stereocenters. The Balaban J connectivity index is 0.00000121. The van der Waals surface area contributed by atoms with E-state index in [1.54, 1.807) is 7.11 Å². The predicted octanol–water partition coefficient (Wildman–Crippen LogP) is 4.41. The van der Waals surface area contributed by atoms with Gasteiger partial charge in [0.15, 0.2) is 0 Å². The second-order valence-electron chi connectivity index (χ2n) is 7.06. The van der Waals surface area contributed by atoms with Gasteiger partial charge in [-0.1, -0.05) is 6.08 Å². The van der Waals surface area contributed by atoms with Crippen molar-refractivity contribution in [2.24, 2.45) is 17.6 Å². The highest BCUT2D eigenvalue weighted by atomic mass is 35.5. The fourth-order valence-corrected chi connectivity index (χ4v) is 4.52. The van der Waals surface area contributed by atoms with E-state index in [4.69, 9.17) is 10.5 Å². The van der Waals surface area contributed by atoms with Crippen LogP contribution in [-0.4, -0.2) is 36.1 Å². The van der Waals surface area contributed by atoms with Crippen LogP contribution in [0, 0.1) is 11.8 Å². The molecule has 27 heavy (non-hydrogen) atoms. The third-order valence-corrected chi connectivity index (χ3v) is 5.91. The first-order valence-electron chi connectivity index (χ1n) is 8.76. The second-order valence-corrected chi connectivity index (χ2v) is 7.06. The lowest BCUT2D eigenvalue weighted by atomic mass is 9.73. The van der Waals surface area contributed by atoms with Crippen molar-refractivity contribution < 1.29 is 4.74 Å². The number of aromatic nitrogens is 1. The molecule has 4 heterocycles. The molecule has 2 aromatic rings. The van der Waals surface area contributed by atoms with Crippen molar-refractivity contribution in [3.05, 3.63) is 48.7 Å². The van der Waals surface area contributed by atoms with Crippen molar-refractivity contribution in [2.75, 3.05) is 20.2 Å². The van der Waals surface area contributed by atoms with Crippen LogP contribution in [0.1, 0.15) is 24.4 Å². The van der Waals surface area contributed by atoms with Gasteiger partial charge in [-0.15, -0.1) is 43.8 Å². The van der Waals surface area contributed by atoms with Crippen LogP contribution in [0.25, 0.3) is 10.9 Å². The molecule has 3 fully saturated rings. The van der Waals surface area contributed by atoms with E-state index in [1.807, 2.05) is 18.3 Å². The van der Waals surface area contributed by atoms with E-state index in [1.165, 1.54) is 12.0 Å². The molecule has 1 unspecified atom stereocenters. The first kappa shape index (κ1) is 24.0. The third-order valence-electron chi connectivity index (χ3n) is 5.91. The second kappa shape index (κ2) is 9.94. The average Bonchev–Trinajstić information content (AvgIpc) is 2.66. The molecule has 4 nitrogen and oxygen atoms in total. The van der Waals surface area contributed by atoms with Crippen molar-refractivity contribution in [2.45, 2.75) is 24.9 Å². The monoisotopic (exact) mass is 431 g/mol. The molecule has 1 aromatic heterocycles. The molecular formula is C20H28Cl3N3O. The van der Waals surface area contributed by atoms with Gasteiger partial charge in [-0.3, -0.25) is 9.88 Å². The Morgan fingerprint density at radius 1 is 1.30 bits per heavy atom. The molecule has 7 heteroatoms. The molecule has 0 radical (unpaired) electrons. The summed E-state index contributed by atoms with van der Waals surface area (Å²) in [5.74, 6) is 2.20. The van der Waals surface area contributed by atoms with Crippen LogP contribution in [0.15, 0.2) is 43.1 Å². The number of ether oxygens (including phenoxy) is 1. The van der Waals surface area contributed by atoms with Gasteiger partial charge in [0.1, 0.15) is 5.75 Å². The topological polar surface area (TPSA) is 51.4 Å². The number of pyridine rings is 1. The van der Waals surface area contributed by atoms with E-state index in [0.29, 0.717) is 12.0 Å². The number of hydrogen-bond donors (Lipinski definition) is 1. The Hall–Kier alpha value is -1.04. The highest BCUT2D eigenvalue weighted by Gasteiger charge is 2.41. The van der Waals surface area contributed by atoms with Crippen LogP contribution in [0.5, 0.6) is 5.75 Å². The highest BCUT2D eigenvalue weighted by molar-refractivity contribution is 5.86. The molecule has 3 aliphatic rings. The van der Waals surface area contributed by atoms with Crippen LogP contribution in [-0.2, 0) is 0 Å². The number of piperidine rings is 3. The maximum atomic E-state index is 6.76. The highest BCUT2D eigenvalue weighted by Crippen LogP contribution is 2.41. The molecular weight excluding hydrogens is 405 g/mol. The van der Waals surface area contributed by atoms with Crippen molar-refractivity contribution in [1.82, 2.24) is 9.88 Å². The summed E-state index contributed by atoms with van der Waals surface area (Å²) in [6.07, 6.45) is 6.43. The minimum absolute atomic E-state index is 0. The fourth-order valence-electron chi connectivity index (χ4n) is 4.52. The number of nitrogens with two attached hydrogens (primary N) is 1. The molecule has 0 saturated carbocycles. The fraction of sp³-hybridized carbons (Fsp3) is 0.450. The minimum Gasteiger partial charge on any atom is -0.497 e. The number of hydrogen-bond acceptors (Lipinski definition) is 4. The Kier molecular flexibility index (Phi) is 8.84. The van der Waals surface area contributed by atoms with Gasteiger partial charge in [-0.05, 0) is 61.1 Å². The van der Waals surface area contributed by atoms with E-state index in [2.05, 4.69) is 34.7 Å². The molecule has 2 bridgehead atoms. The van der Waals surface area contributed by atoms with Crippen LogP contribution >= 0.6 is 37.2 Å². The van der Waals surface area contributed by atoms with Gasteiger partial charge in [0.05, 0.1) is 12.6 Å². The van der Waals surface area contributed by atoms with Crippen molar-refractivity contribution in [1.29, 1.82) is 0 Å². The smallest absolute Gasteiger partial charge is 0.119 e. The van der Waals surface area contributed by atoms with E-state index in [9.17, 15) is 0 Å². The average molecular weight is 433 g/mol. The van der Waals surface area contributed by atoms with E-state index in [0.717, 1.165) is 42.1 Å². The standard InChI is InChI=1S/C20H25N3O.3ClH/c1-3-13-12-23-9-7-14(13)10-19(23)20(21)16-6-8-22-18-5-4-15(24-2)11-17(16)18;;;/h3-6,8,11,13-14,19-20H,1,7,9-10,12,21H2,2H3;3*1H/t13-,14-,19+,20+;;;/m1.../s1. The Bertz CT molecular complexity index is 773. The summed E-state index contributed by atoms with van der Waals surface area (Å²) in [7, 11) is 1.69. The Morgan fingerprint density at radius 2 is 2.07 bits per heavy atom. The first-order valence-corrected chi connectivity index (χ1v) is 8.76. The van der Waals surface area contributed by atoms with Gasteiger partial charge in [0.2, 0.25) is 0 Å². The largest absolute Gasteiger partial charge is 0.497 e. The molecule has 3 aliphatic heterocycles. The predicted molar refractivity (Wildman–Crippen MR) is 119 cm³/mol. The molecule has 5 rings (SSSR count). The lowest BCUT2D eigenvalue weighted by molar-refractivity contribution is 0.00749. The van der Waals surface area contributed by atoms with Crippen molar-refractivity contribution in [3.8, 4) is 5.75 Å². The zero-order valence-electron chi connectivity index (χ0n) is 15.4. The molecule has 3 saturated heterocycles. The van der Waals surface area contributed by atoms with Gasteiger partial charge in [-0.2, -0.15) is 0 Å². The molecule has 0 aliphatic carbocycles. The van der Waals surface area contributed by atoms with Gasteiger partial charge in [-0.25, -0.2) is 0 Å². The first-order chi connectivity index (χ1) is 11.7. The molecule has 1 aromatic carbocycles. The summed E-state index contributed by atoms with van der Waals surface area (Å²) in [5, 5.41) is 1.10. The number of methoxy groups -OCH3 is 1. The summed E-state index contributed by atoms with van der Waals surface area (Å²) in [6, 6.07) is 8.48. The van der Waals surface area contributed by atoms with E-state index < -0.39 is 0 Å². The summed E-state index contributed by atoms with van der Waals surface area (Å²) in [5.41, 5.74) is 8.91. The number of rotatable bonds is 4. The minimum atomic E-state index is -0.00354. The summed E-state index contributed by atoms with van der Waals surface area (Å²) in [4.78, 5) is 7.04. The third kappa shape index (κ3) is 4.36. The zero-order chi connectivity index (χ0) is 16.7. The molecule has 2 N–H and O–H groups in total. The van der Waals surface area contributed by atoms with Crippen LogP contribution in [0.2, 0.25) is 0 Å². The van der Waals surface area contributed by atoms with Crippen LogP contribution in [0.4, 0.5) is 0 Å². The Morgan fingerprint density at radius 3 is 2.70 bits per heavy atom. The molecule has 150 valence electrons. The molecule has 0 spiro atoms. The summed E-state index contributed by atoms with van der Waals surface area (Å²) >= 11 is 0. The van der Waals surface area contributed by atoms with Crippen molar-refractivity contribution >= 4 is 48.1 Å². The lowest BCUT2D eigenvalue weighted by Crippen LogP contribution is -2.56. The lowest BCUT2D eigenvalue weighted by Gasteiger charge is -2.51. The summed E-state index contributed by atoms with van der Waals surface area (Å²) in [6.45, 7) is 6.26. The van der Waals surface area contributed by atoms with Crippen molar-refractivity contribution in [3.63, 3.8) is 0 Å². The number of benzene rings is 1. The maximum Gasteiger partial charge on any atom is 0.119 e. The van der Waals surface area contributed by atoms with Crippen LogP contribution in [0.3, 0.4) is 0 Å². The number of fused-ring (bicyclic) bond motifs is 4. The quantitative estimate of drug-likeness (QED) is 0.727. The number of halogens is 3. The normalized spacial score (nSPS) is 26.9. The number of nitrogens with zero attached hydrogens (tertiary/aromatic N) is 2. The van der Waals surface area contributed by atoms with Gasteiger partial charge >= 0.3 is 0 Å². The summed E-state index contributed by atoms with van der Waals surface area (Å²) < 4.78 is 5.39. The van der Waals surface area contributed by atoms with Gasteiger partial charge in [0, 0.05) is 30.2 Å².